The van der Waals surface area contributed by atoms with Crippen LogP contribution >= 0.6 is 21.6 Å². The Labute approximate surface area is 77.7 Å². The maximum atomic E-state index is 9.74. The molecule has 0 aliphatic carbocycles. The summed E-state index contributed by atoms with van der Waals surface area (Å²) in [5, 5.41) is 19.5. The Balaban J connectivity index is -0.000000405. The van der Waals surface area contributed by atoms with Crippen LogP contribution in [0.15, 0.2) is 0 Å². The highest BCUT2D eigenvalue weighted by Crippen LogP contribution is 2.18. The quantitative estimate of drug-likeness (QED) is 0.426. The molecule has 0 bridgehead atoms. The van der Waals surface area contributed by atoms with Crippen LogP contribution in [-0.2, 0) is 9.59 Å². The van der Waals surface area contributed by atoms with E-state index in [9.17, 15) is 19.8 Å². The average molecular weight is 216 g/mol. The summed E-state index contributed by atoms with van der Waals surface area (Å²) in [5.74, 6) is -2.79. The van der Waals surface area contributed by atoms with Gasteiger partial charge in [0, 0.05) is 11.5 Å². The Morgan fingerprint density at radius 2 is 1.17 bits per heavy atom. The van der Waals surface area contributed by atoms with Gasteiger partial charge in [0.2, 0.25) is 0 Å². The minimum atomic E-state index is -1.20. The molecule has 0 spiro atoms. The van der Waals surface area contributed by atoms with Gasteiger partial charge in [-0.25, -0.2) is 0 Å². The fraction of sp³-hybridized carbons (Fsp3) is 0.500. The van der Waals surface area contributed by atoms with Gasteiger partial charge in [-0.05, 0) is 0 Å². The molecule has 0 fully saturated rings. The van der Waals surface area contributed by atoms with Crippen molar-refractivity contribution in [3.8, 4) is 0 Å². The maximum Gasteiger partial charge on any atom is 0.0522 e. The van der Waals surface area contributed by atoms with Crippen LogP contribution < -0.4 is 22.5 Å². The normalized spacial score (nSPS) is 7.67. The first-order chi connectivity index (χ1) is 4.63. The van der Waals surface area contributed by atoms with E-state index in [1.807, 2.05) is 0 Å². The van der Waals surface area contributed by atoms with Crippen LogP contribution in [0.1, 0.15) is 0 Å². The van der Waals surface area contributed by atoms with Gasteiger partial charge in [0.1, 0.15) is 0 Å². The summed E-state index contributed by atoms with van der Waals surface area (Å²) in [6.07, 6.45) is 0. The first-order valence-electron chi connectivity index (χ1n) is 2.27. The topological polar surface area (TPSA) is 153 Å². The van der Waals surface area contributed by atoms with Gasteiger partial charge in [0.05, 0.1) is 11.9 Å². The van der Waals surface area contributed by atoms with E-state index >= 15 is 0 Å². The van der Waals surface area contributed by atoms with Gasteiger partial charge in [-0.2, -0.15) is 0 Å². The third-order valence-corrected chi connectivity index (χ3v) is 2.52. The van der Waals surface area contributed by atoms with E-state index in [1.165, 1.54) is 0 Å². The lowest BCUT2D eigenvalue weighted by Gasteiger charge is -2.01. The maximum absolute atomic E-state index is 9.74. The summed E-state index contributed by atoms with van der Waals surface area (Å²) < 4.78 is 0. The molecule has 0 aromatic heterocycles. The van der Waals surface area contributed by atoms with Crippen molar-refractivity contribution in [3.63, 3.8) is 0 Å². The molecule has 0 aliphatic heterocycles. The third kappa shape index (κ3) is 16.3. The van der Waals surface area contributed by atoms with E-state index in [4.69, 9.17) is 0 Å². The number of aliphatic carboxylic acids is 2. The van der Waals surface area contributed by atoms with Gasteiger partial charge in [0.15, 0.2) is 0 Å². The van der Waals surface area contributed by atoms with E-state index in [0.717, 1.165) is 21.6 Å². The van der Waals surface area contributed by atoms with Crippen molar-refractivity contribution in [2.24, 2.45) is 0 Å². The summed E-state index contributed by atoms with van der Waals surface area (Å²) in [4.78, 5) is 19.5. The third-order valence-electron chi connectivity index (χ3n) is 0.437. The van der Waals surface area contributed by atoms with Crippen LogP contribution in [0.25, 0.3) is 0 Å². The van der Waals surface area contributed by atoms with E-state index in [1.54, 1.807) is 0 Å². The van der Waals surface area contributed by atoms with Crippen molar-refractivity contribution in [3.05, 3.63) is 0 Å². The largest absolute Gasteiger partial charge is 0.549 e. The van der Waals surface area contributed by atoms with E-state index in [-0.39, 0.29) is 23.8 Å². The van der Waals surface area contributed by atoms with Crippen molar-refractivity contribution >= 4 is 33.5 Å². The predicted molar refractivity (Wildman–Crippen MR) is 46.9 cm³/mol. The van der Waals surface area contributed by atoms with E-state index in [0.29, 0.717) is 0 Å². The smallest absolute Gasteiger partial charge is 0.0522 e. The lowest BCUT2D eigenvalue weighted by molar-refractivity contribution is -0.302. The summed E-state index contributed by atoms with van der Waals surface area (Å²) in [7, 11) is 1.85. The molecule has 6 nitrogen and oxygen atoms in total. The second-order valence-electron chi connectivity index (χ2n) is 1.27. The van der Waals surface area contributed by atoms with Crippen molar-refractivity contribution in [2.45, 2.75) is 0 Å². The zero-order valence-corrected chi connectivity index (χ0v) is 8.50. The number of quaternary nitrogens is 2. The molecular formula is C4H12N2O4S2. The lowest BCUT2D eigenvalue weighted by Crippen LogP contribution is -2.25. The van der Waals surface area contributed by atoms with Crippen molar-refractivity contribution in [1.29, 1.82) is 0 Å². The summed E-state index contributed by atoms with van der Waals surface area (Å²) in [5.41, 5.74) is 0. The summed E-state index contributed by atoms with van der Waals surface area (Å²) >= 11 is 0. The first kappa shape index (κ1) is 17.6. The van der Waals surface area contributed by atoms with Gasteiger partial charge >= 0.3 is 0 Å². The number of carboxylic acid groups (broad SMARTS) is 2. The monoisotopic (exact) mass is 216 g/mol. The molecule has 0 aromatic rings. The Hall–Kier alpha value is -0.440. The standard InChI is InChI=1S/C4H6O4S2.2H3N/c5-3(6)1-9-10-2-4(7)8;;/h1-2H2,(H,5,6)(H,7,8);2*1H3. The molecule has 0 rings (SSSR count). The Bertz CT molecular complexity index is 127. The Morgan fingerprint density at radius 1 is 0.917 bits per heavy atom. The van der Waals surface area contributed by atoms with Gasteiger partial charge in [-0.1, -0.05) is 21.6 Å². The molecular weight excluding hydrogens is 204 g/mol. The highest BCUT2D eigenvalue weighted by Gasteiger charge is 1.89. The molecule has 0 unspecified atom stereocenters. The highest BCUT2D eigenvalue weighted by atomic mass is 33.1. The molecule has 0 amide bonds. The van der Waals surface area contributed by atoms with Crippen LogP contribution in [0, 0.1) is 0 Å². The number of hydrogen-bond acceptors (Lipinski definition) is 6. The van der Waals surface area contributed by atoms with Crippen LogP contribution in [0.4, 0.5) is 0 Å². The average Bonchev–Trinajstić information content (AvgIpc) is 1.79. The highest BCUT2D eigenvalue weighted by molar-refractivity contribution is 8.77. The van der Waals surface area contributed by atoms with Crippen molar-refractivity contribution in [2.75, 3.05) is 11.5 Å². The number of rotatable bonds is 5. The lowest BCUT2D eigenvalue weighted by atomic mass is 10.8. The Kier molecular flexibility index (Phi) is 15.5. The number of carboxylic acids is 2. The second kappa shape index (κ2) is 10.6. The zero-order chi connectivity index (χ0) is 7.98. The van der Waals surface area contributed by atoms with E-state index < -0.39 is 11.9 Å². The minimum Gasteiger partial charge on any atom is -0.549 e. The molecule has 0 saturated carbocycles. The first-order valence-corrected chi connectivity index (χ1v) is 4.76. The van der Waals surface area contributed by atoms with Crippen molar-refractivity contribution < 1.29 is 19.8 Å². The van der Waals surface area contributed by atoms with Crippen LogP contribution in [0.3, 0.4) is 0 Å². The molecule has 74 valence electrons. The van der Waals surface area contributed by atoms with Gasteiger partial charge < -0.3 is 32.1 Å². The molecule has 0 radical (unpaired) electrons. The van der Waals surface area contributed by atoms with Gasteiger partial charge in [-0.3, -0.25) is 0 Å². The van der Waals surface area contributed by atoms with Crippen LogP contribution in [0.5, 0.6) is 0 Å². The number of hydrogen-bond donors (Lipinski definition) is 2. The zero-order valence-electron chi connectivity index (χ0n) is 6.86. The van der Waals surface area contributed by atoms with Crippen LogP contribution in [-0.4, -0.2) is 23.4 Å². The molecule has 0 aliphatic rings. The number of carbonyl (C=O) groups is 2. The van der Waals surface area contributed by atoms with Gasteiger partial charge in [-0.15, -0.1) is 0 Å². The van der Waals surface area contributed by atoms with Crippen molar-refractivity contribution in [1.82, 2.24) is 12.3 Å². The fourth-order valence-electron chi connectivity index (χ4n) is 0.180. The molecule has 0 heterocycles. The Morgan fingerprint density at radius 3 is 1.33 bits per heavy atom. The van der Waals surface area contributed by atoms with E-state index in [2.05, 4.69) is 0 Å². The minimum absolute atomic E-state index is 0. The molecule has 12 heavy (non-hydrogen) atoms. The predicted octanol–water partition coefficient (Wildman–Crippen LogP) is -1.38. The van der Waals surface area contributed by atoms with Gasteiger partial charge in [0.25, 0.3) is 0 Å². The molecule has 0 atom stereocenters. The molecule has 0 aromatic carbocycles. The number of carbonyl (C=O) groups excluding carboxylic acids is 2. The SMILES string of the molecule is O=C([O-])CSSCC(=O)[O-].[NH4+].[NH4+]. The molecule has 8 N–H and O–H groups in total. The summed E-state index contributed by atoms with van der Waals surface area (Å²) in [6.45, 7) is 0. The molecule has 8 heteroatoms. The molecule has 0 saturated heterocycles. The van der Waals surface area contributed by atoms with Crippen LogP contribution in [0.2, 0.25) is 0 Å². The summed E-state index contributed by atoms with van der Waals surface area (Å²) in [6, 6.07) is 0. The second-order valence-corrected chi connectivity index (χ2v) is 3.73. The fourth-order valence-corrected chi connectivity index (χ4v) is 1.62.